The van der Waals surface area contributed by atoms with Crippen molar-refractivity contribution in [1.29, 1.82) is 0 Å². The fraction of sp³-hybridized carbons (Fsp3) is 0.923. The molecule has 0 aromatic carbocycles. The zero-order valence-corrected chi connectivity index (χ0v) is 14.0. The molecule has 4 heteroatoms. The number of carbonyl (C=O) groups is 1. The fourth-order valence-electron chi connectivity index (χ4n) is 2.33. The van der Waals surface area contributed by atoms with Gasteiger partial charge >= 0.3 is 0 Å². The van der Waals surface area contributed by atoms with E-state index in [1.807, 2.05) is 0 Å². The van der Waals surface area contributed by atoms with Crippen LogP contribution in [0.4, 0.5) is 0 Å². The van der Waals surface area contributed by atoms with Crippen LogP contribution in [0.5, 0.6) is 0 Å². The molecule has 1 N–H and O–H groups in total. The molecule has 0 unspecified atom stereocenters. The number of alkyl halides is 2. The number of rotatable bonds is 5. The second kappa shape index (κ2) is 6.55. The van der Waals surface area contributed by atoms with Crippen molar-refractivity contribution in [3.63, 3.8) is 0 Å². The van der Waals surface area contributed by atoms with Crippen molar-refractivity contribution >= 4 is 37.8 Å². The van der Waals surface area contributed by atoms with E-state index in [0.717, 1.165) is 29.9 Å². The van der Waals surface area contributed by atoms with E-state index in [9.17, 15) is 4.79 Å². The van der Waals surface area contributed by atoms with Gasteiger partial charge in [-0.05, 0) is 19.3 Å². The van der Waals surface area contributed by atoms with Crippen molar-refractivity contribution in [3.8, 4) is 0 Å². The normalized spacial score (nSPS) is 20.0. The summed E-state index contributed by atoms with van der Waals surface area (Å²) in [5.74, 6) is 0.234. The third-order valence-corrected chi connectivity index (χ3v) is 6.22. The van der Waals surface area contributed by atoms with Crippen LogP contribution in [-0.4, -0.2) is 22.1 Å². The minimum Gasteiger partial charge on any atom is -0.349 e. The van der Waals surface area contributed by atoms with Crippen molar-refractivity contribution in [2.45, 2.75) is 57.9 Å². The topological polar surface area (TPSA) is 29.1 Å². The molecule has 100 valence electrons. The molecule has 0 aromatic rings. The third-order valence-electron chi connectivity index (χ3n) is 4.07. The number of nitrogens with one attached hydrogen (secondary N) is 1. The van der Waals surface area contributed by atoms with E-state index in [1.54, 1.807) is 0 Å². The van der Waals surface area contributed by atoms with Crippen molar-refractivity contribution < 1.29 is 4.79 Å². The SMILES string of the molecule is CCC(CBr)(CBr)NC(=O)C1(C)CCCCC1. The van der Waals surface area contributed by atoms with Crippen LogP contribution < -0.4 is 5.32 Å². The average Bonchev–Trinajstić information content (AvgIpc) is 2.37. The van der Waals surface area contributed by atoms with Gasteiger partial charge in [-0.2, -0.15) is 0 Å². The summed E-state index contributed by atoms with van der Waals surface area (Å²) < 4.78 is 0. The molecule has 1 rings (SSSR count). The van der Waals surface area contributed by atoms with Crippen LogP contribution in [-0.2, 0) is 4.79 Å². The molecule has 0 bridgehead atoms. The fourth-order valence-corrected chi connectivity index (χ4v) is 4.33. The average molecular weight is 369 g/mol. The lowest BCUT2D eigenvalue weighted by Crippen LogP contribution is -2.55. The lowest BCUT2D eigenvalue weighted by molar-refractivity contribution is -0.133. The minimum absolute atomic E-state index is 0.141. The van der Waals surface area contributed by atoms with Gasteiger partial charge in [0.25, 0.3) is 0 Å². The Morgan fingerprint density at radius 3 is 2.18 bits per heavy atom. The summed E-state index contributed by atoms with van der Waals surface area (Å²) in [6.45, 7) is 4.23. The van der Waals surface area contributed by atoms with E-state index in [2.05, 4.69) is 51.0 Å². The molecule has 0 radical (unpaired) electrons. The maximum atomic E-state index is 12.5. The molecule has 0 heterocycles. The van der Waals surface area contributed by atoms with Crippen molar-refractivity contribution in [2.24, 2.45) is 5.41 Å². The summed E-state index contributed by atoms with van der Waals surface area (Å²) in [6, 6.07) is 0. The van der Waals surface area contributed by atoms with Gasteiger partial charge in [-0.3, -0.25) is 4.79 Å². The van der Waals surface area contributed by atoms with Crippen molar-refractivity contribution in [1.82, 2.24) is 5.32 Å². The van der Waals surface area contributed by atoms with Gasteiger partial charge in [-0.25, -0.2) is 0 Å². The Balaban J connectivity index is 2.69. The summed E-state index contributed by atoms with van der Waals surface area (Å²) in [5.41, 5.74) is -0.291. The van der Waals surface area contributed by atoms with E-state index in [-0.39, 0.29) is 16.9 Å². The van der Waals surface area contributed by atoms with Gasteiger partial charge in [0.2, 0.25) is 5.91 Å². The van der Waals surface area contributed by atoms with E-state index >= 15 is 0 Å². The first-order chi connectivity index (χ1) is 8.02. The first-order valence-electron chi connectivity index (χ1n) is 6.46. The summed E-state index contributed by atoms with van der Waals surface area (Å²) in [6.07, 6.45) is 6.65. The minimum atomic E-state index is -0.150. The number of hydrogen-bond acceptors (Lipinski definition) is 1. The van der Waals surface area contributed by atoms with Crippen molar-refractivity contribution in [2.75, 3.05) is 10.7 Å². The van der Waals surface area contributed by atoms with Gasteiger partial charge in [0, 0.05) is 16.1 Å². The molecule has 1 aliphatic carbocycles. The van der Waals surface area contributed by atoms with Gasteiger partial charge in [-0.1, -0.05) is 65.0 Å². The Hall–Kier alpha value is 0.430. The molecule has 2 nitrogen and oxygen atoms in total. The summed E-state index contributed by atoms with van der Waals surface area (Å²) >= 11 is 7.04. The predicted octanol–water partition coefficient (Wildman–Crippen LogP) is 4.01. The molecule has 1 fully saturated rings. The molecular formula is C13H23Br2NO. The zero-order valence-electron chi connectivity index (χ0n) is 10.8. The quantitative estimate of drug-likeness (QED) is 0.729. The molecule has 1 saturated carbocycles. The second-order valence-corrected chi connectivity index (χ2v) is 6.60. The first kappa shape index (κ1) is 15.5. The molecule has 0 saturated heterocycles. The second-order valence-electron chi connectivity index (χ2n) is 5.48. The van der Waals surface area contributed by atoms with Gasteiger partial charge in [0.05, 0.1) is 5.54 Å². The molecular weight excluding hydrogens is 346 g/mol. The van der Waals surface area contributed by atoms with E-state index < -0.39 is 0 Å². The third kappa shape index (κ3) is 3.69. The lowest BCUT2D eigenvalue weighted by atomic mass is 9.74. The zero-order chi connectivity index (χ0) is 12.9. The van der Waals surface area contributed by atoms with Gasteiger partial charge in [0.15, 0.2) is 0 Å². The molecule has 0 aromatic heterocycles. The van der Waals surface area contributed by atoms with E-state index in [4.69, 9.17) is 0 Å². The molecule has 1 amide bonds. The Labute approximate surface area is 122 Å². The highest BCUT2D eigenvalue weighted by Crippen LogP contribution is 2.36. The summed E-state index contributed by atoms with van der Waals surface area (Å²) in [7, 11) is 0. The highest BCUT2D eigenvalue weighted by Gasteiger charge is 2.38. The Bertz CT molecular complexity index is 250. The van der Waals surface area contributed by atoms with Crippen LogP contribution >= 0.6 is 31.9 Å². The number of hydrogen-bond donors (Lipinski definition) is 1. The smallest absolute Gasteiger partial charge is 0.226 e. The maximum Gasteiger partial charge on any atom is 0.226 e. The maximum absolute atomic E-state index is 12.5. The number of amides is 1. The summed E-state index contributed by atoms with van der Waals surface area (Å²) in [4.78, 5) is 12.5. The van der Waals surface area contributed by atoms with E-state index in [0.29, 0.717) is 0 Å². The van der Waals surface area contributed by atoms with Crippen LogP contribution in [0.1, 0.15) is 52.4 Å². The van der Waals surface area contributed by atoms with Gasteiger partial charge in [-0.15, -0.1) is 0 Å². The van der Waals surface area contributed by atoms with Crippen LogP contribution in [0.3, 0.4) is 0 Å². The largest absolute Gasteiger partial charge is 0.349 e. The highest BCUT2D eigenvalue weighted by molar-refractivity contribution is 9.09. The molecule has 0 aliphatic heterocycles. The molecule has 0 spiro atoms. The standard InChI is InChI=1S/C13H23Br2NO/c1-3-13(9-14,10-15)16-11(17)12(2)7-5-4-6-8-12/h3-10H2,1-2H3,(H,16,17). The predicted molar refractivity (Wildman–Crippen MR) is 79.9 cm³/mol. The van der Waals surface area contributed by atoms with Gasteiger partial charge in [0.1, 0.15) is 0 Å². The molecule has 1 aliphatic rings. The molecule has 0 atom stereocenters. The Morgan fingerprint density at radius 1 is 1.24 bits per heavy atom. The van der Waals surface area contributed by atoms with Crippen molar-refractivity contribution in [3.05, 3.63) is 0 Å². The van der Waals surface area contributed by atoms with Crippen LogP contribution in [0, 0.1) is 5.41 Å². The Kier molecular flexibility index (Phi) is 5.97. The first-order valence-corrected chi connectivity index (χ1v) is 8.71. The monoisotopic (exact) mass is 367 g/mol. The number of carbonyl (C=O) groups excluding carboxylic acids is 1. The molecule has 17 heavy (non-hydrogen) atoms. The lowest BCUT2D eigenvalue weighted by Gasteiger charge is -2.38. The van der Waals surface area contributed by atoms with E-state index in [1.165, 1.54) is 19.3 Å². The highest BCUT2D eigenvalue weighted by atomic mass is 79.9. The van der Waals surface area contributed by atoms with Crippen LogP contribution in [0.2, 0.25) is 0 Å². The van der Waals surface area contributed by atoms with Gasteiger partial charge < -0.3 is 5.32 Å². The van der Waals surface area contributed by atoms with Crippen LogP contribution in [0.15, 0.2) is 0 Å². The summed E-state index contributed by atoms with van der Waals surface area (Å²) in [5, 5.41) is 4.85. The Morgan fingerprint density at radius 2 is 1.76 bits per heavy atom. The number of halogens is 2. The van der Waals surface area contributed by atoms with Crippen LogP contribution in [0.25, 0.3) is 0 Å².